The topological polar surface area (TPSA) is 15.5 Å². The number of rotatable bonds is 8. The number of hydrogen-bond donors (Lipinski definition) is 0. The summed E-state index contributed by atoms with van der Waals surface area (Å²) >= 11 is 0. The van der Waals surface area contributed by atoms with Gasteiger partial charge in [0.2, 0.25) is 22.8 Å². The molecule has 0 atom stereocenters. The fourth-order valence-electron chi connectivity index (χ4n) is 15.6. The third-order valence-corrected chi connectivity index (χ3v) is 22.7. The van der Waals surface area contributed by atoms with E-state index < -0.39 is 27.4 Å². The maximum atomic E-state index is 8.23. The van der Waals surface area contributed by atoms with Gasteiger partial charge in [0.15, 0.2) is 24.8 Å². The van der Waals surface area contributed by atoms with Gasteiger partial charge in [-0.25, -0.2) is 18.3 Å². The first-order chi connectivity index (χ1) is 58.4. The SMILES string of the molecule is [2H]C([2H])([2H])c1cc(C)c(-c2ccc(C(C)(C)C)c[n+]2C)cc1-c1ccccc1C(C)(C)C.[2H]C([2H])([2H])c1cc(C)c(-c2ccc(C(C)(C)C)c[n+]2C)cc1-c1ccccc1C(C)(C)C.[2H]C([2H])([2H])c1cc(C)c(-c2ccc(C(C)(C)C)c[n+]2C)cc1-c1ccccc1C(C)(C)C.[2H]C([2H])([2H])c1cc(C)c(-c2ccc(C(C)(C)C)c[n+]2C)cc1-c1ccccc1C(C)(C)C. The van der Waals surface area contributed by atoms with Crippen molar-refractivity contribution in [2.24, 2.45) is 28.2 Å². The van der Waals surface area contributed by atoms with E-state index in [1.54, 1.807) is 0 Å². The molecule has 0 fully saturated rings. The lowest BCUT2D eigenvalue weighted by atomic mass is 9.80. The molecule has 4 aromatic heterocycles. The maximum absolute atomic E-state index is 8.23. The van der Waals surface area contributed by atoms with Crippen LogP contribution in [0.3, 0.4) is 0 Å². The molecule has 116 heavy (non-hydrogen) atoms. The fourth-order valence-corrected chi connectivity index (χ4v) is 15.6. The Morgan fingerprint density at radius 2 is 0.362 bits per heavy atom. The Bertz CT molecular complexity index is 5310. The zero-order valence-corrected chi connectivity index (χ0v) is 76.6. The van der Waals surface area contributed by atoms with Gasteiger partial charge in [-0.2, -0.15) is 0 Å². The van der Waals surface area contributed by atoms with Crippen LogP contribution in [0.15, 0.2) is 219 Å². The summed E-state index contributed by atoms with van der Waals surface area (Å²) in [6.45, 7) is 51.7. The zero-order valence-electron chi connectivity index (χ0n) is 88.6. The Morgan fingerprint density at radius 3 is 0.509 bits per heavy atom. The fraction of sp³-hybridized carbons (Fsp3) is 0.393. The molecule has 0 saturated heterocycles. The zero-order chi connectivity index (χ0) is 96.2. The molecule has 0 aliphatic carbocycles. The van der Waals surface area contributed by atoms with Crippen LogP contribution in [0.25, 0.3) is 89.5 Å². The largest absolute Gasteiger partial charge is 0.212 e. The number of benzene rings is 8. The quantitative estimate of drug-likeness (QED) is 0.135. The molecule has 0 N–H and O–H groups in total. The van der Waals surface area contributed by atoms with E-state index in [-0.39, 0.29) is 43.3 Å². The summed E-state index contributed by atoms with van der Waals surface area (Å²) in [6, 6.07) is 65.7. The third kappa shape index (κ3) is 21.0. The molecule has 0 spiro atoms. The second-order valence-corrected chi connectivity index (χ2v) is 40.7. The van der Waals surface area contributed by atoms with Gasteiger partial charge in [0.25, 0.3) is 0 Å². The van der Waals surface area contributed by atoms with Crippen molar-refractivity contribution in [1.29, 1.82) is 0 Å². The third-order valence-electron chi connectivity index (χ3n) is 22.7. The number of hydrogen-bond acceptors (Lipinski definition) is 0. The van der Waals surface area contributed by atoms with Gasteiger partial charge in [0, 0.05) is 85.2 Å². The molecule has 0 radical (unpaired) electrons. The second-order valence-electron chi connectivity index (χ2n) is 40.7. The van der Waals surface area contributed by atoms with Crippen molar-refractivity contribution >= 4 is 0 Å². The van der Waals surface area contributed by atoms with Crippen LogP contribution < -0.4 is 18.3 Å². The lowest BCUT2D eigenvalue weighted by Gasteiger charge is -2.24. The number of nitrogens with zero attached hydrogens (tertiary/aromatic N) is 4. The van der Waals surface area contributed by atoms with Gasteiger partial charge in [-0.05, 0) is 258 Å². The highest BCUT2D eigenvalue weighted by Crippen LogP contribution is 2.44. The van der Waals surface area contributed by atoms with Crippen molar-refractivity contribution in [3.8, 4) is 89.5 Å². The van der Waals surface area contributed by atoms with Gasteiger partial charge in [-0.3, -0.25) is 0 Å². The van der Waals surface area contributed by atoms with Crippen LogP contribution >= 0.6 is 0 Å². The van der Waals surface area contributed by atoms with E-state index in [0.717, 1.165) is 134 Å². The predicted molar refractivity (Wildman–Crippen MR) is 501 cm³/mol. The Balaban J connectivity index is 0.000000193. The lowest BCUT2D eigenvalue weighted by molar-refractivity contribution is -0.661. The van der Waals surface area contributed by atoms with Crippen LogP contribution in [-0.2, 0) is 71.5 Å². The highest BCUT2D eigenvalue weighted by atomic mass is 14.9. The van der Waals surface area contributed by atoms with Crippen LogP contribution in [0.1, 0.15) is 272 Å². The predicted octanol–water partition coefficient (Wildman–Crippen LogP) is 28.2. The molecular formula is C112H144N4+4. The summed E-state index contributed by atoms with van der Waals surface area (Å²) in [6.07, 6.45) is 8.70. The monoisotopic (exact) mass is 1560 g/mol. The molecular weight excluding hydrogens is 1400 g/mol. The van der Waals surface area contributed by atoms with Crippen molar-refractivity contribution < 1.29 is 34.7 Å². The highest BCUT2D eigenvalue weighted by molar-refractivity contribution is 5.82. The van der Waals surface area contributed by atoms with Crippen LogP contribution in [0.4, 0.5) is 0 Å². The molecule has 4 heteroatoms. The van der Waals surface area contributed by atoms with Crippen molar-refractivity contribution in [3.05, 3.63) is 308 Å². The van der Waals surface area contributed by atoms with Crippen LogP contribution in [-0.4, -0.2) is 0 Å². The van der Waals surface area contributed by atoms with E-state index >= 15 is 0 Å². The van der Waals surface area contributed by atoms with E-state index in [4.69, 9.17) is 16.4 Å². The van der Waals surface area contributed by atoms with E-state index in [2.05, 4.69) is 334 Å². The van der Waals surface area contributed by atoms with E-state index in [1.807, 2.05) is 125 Å². The first kappa shape index (κ1) is 73.9. The maximum Gasteiger partial charge on any atom is 0.212 e. The Kier molecular flexibility index (Phi) is 22.0. The molecule has 4 heterocycles. The molecule has 12 rings (SSSR count). The Morgan fingerprint density at radius 1 is 0.190 bits per heavy atom. The van der Waals surface area contributed by atoms with E-state index in [9.17, 15) is 0 Å². The van der Waals surface area contributed by atoms with Crippen molar-refractivity contribution in [1.82, 2.24) is 0 Å². The second kappa shape index (κ2) is 34.5. The summed E-state index contributed by atoms with van der Waals surface area (Å²) < 4.78 is 107. The first-order valence-electron chi connectivity index (χ1n) is 47.4. The van der Waals surface area contributed by atoms with Crippen molar-refractivity contribution in [2.75, 3.05) is 0 Å². The normalized spacial score (nSPS) is 14.3. The minimum atomic E-state index is -2.19. The van der Waals surface area contributed by atoms with Gasteiger partial charge in [0.1, 0.15) is 28.2 Å². The van der Waals surface area contributed by atoms with Gasteiger partial charge >= 0.3 is 0 Å². The summed E-state index contributed by atoms with van der Waals surface area (Å²) in [5.74, 6) is 0. The molecule has 0 aliphatic heterocycles. The Hall–Kier alpha value is -9.64. The van der Waals surface area contributed by atoms with Gasteiger partial charge in [-0.1, -0.05) is 287 Å². The van der Waals surface area contributed by atoms with Crippen LogP contribution in [0.2, 0.25) is 0 Å². The minimum absolute atomic E-state index is 0.0628. The molecule has 4 nitrogen and oxygen atoms in total. The highest BCUT2D eigenvalue weighted by Gasteiger charge is 2.30. The standard InChI is InChI=1S/4C28H36N/c4*1-19-16-20(2)24(26-15-14-21(18-29(26)9)27(3,4)5)17-23(19)22-12-10-11-13-25(22)28(6,7)8/h4*10-18H,1-9H3/q4*+1/i4*1D3. The number of aryl methyl sites for hydroxylation is 12. The smallest absolute Gasteiger partial charge is 0.201 e. The minimum Gasteiger partial charge on any atom is -0.201 e. The number of pyridine rings is 4. The first-order valence-corrected chi connectivity index (χ1v) is 41.4. The van der Waals surface area contributed by atoms with Gasteiger partial charge in [0.05, 0.1) is 0 Å². The van der Waals surface area contributed by atoms with Crippen LogP contribution in [0, 0.1) is 55.1 Å². The summed E-state index contributed by atoms with van der Waals surface area (Å²) in [5.41, 5.74) is 30.6. The van der Waals surface area contributed by atoms with Crippen molar-refractivity contribution in [3.63, 3.8) is 0 Å². The molecule has 0 saturated carbocycles. The summed E-state index contributed by atoms with van der Waals surface area (Å²) in [4.78, 5) is 0. The molecule has 0 amide bonds. The number of aromatic nitrogens is 4. The molecule has 8 aromatic carbocycles. The molecule has 608 valence electrons. The van der Waals surface area contributed by atoms with Crippen molar-refractivity contribution in [2.45, 2.75) is 265 Å². The Labute approximate surface area is 721 Å². The average molecular weight is 1560 g/mol. The lowest BCUT2D eigenvalue weighted by Crippen LogP contribution is -2.33. The molecule has 12 aromatic rings. The van der Waals surface area contributed by atoms with Gasteiger partial charge in [-0.15, -0.1) is 0 Å². The van der Waals surface area contributed by atoms with Crippen LogP contribution in [0.5, 0.6) is 0 Å². The molecule has 0 unspecified atom stereocenters. The molecule has 0 aliphatic rings. The summed E-state index contributed by atoms with van der Waals surface area (Å²) in [7, 11) is 8.24. The van der Waals surface area contributed by atoms with Gasteiger partial charge < -0.3 is 0 Å². The summed E-state index contributed by atoms with van der Waals surface area (Å²) in [5, 5.41) is 0. The average Bonchev–Trinajstić information content (AvgIpc) is 0.767. The molecule has 0 bridgehead atoms. The van der Waals surface area contributed by atoms with E-state index in [0.29, 0.717) is 22.3 Å². The van der Waals surface area contributed by atoms with E-state index in [1.165, 1.54) is 22.3 Å².